The van der Waals surface area contributed by atoms with Crippen LogP contribution in [-0.4, -0.2) is 5.78 Å². The molecule has 156 valence electrons. The Balaban J connectivity index is 1.51. The Bertz CT molecular complexity index is 680. The largest absolute Gasteiger partial charge is 0.295 e. The summed E-state index contributed by atoms with van der Waals surface area (Å²) in [5, 5.41) is 0. The van der Waals surface area contributed by atoms with Crippen molar-refractivity contribution in [1.82, 2.24) is 0 Å². The van der Waals surface area contributed by atoms with Gasteiger partial charge < -0.3 is 0 Å². The number of carbonyl (C=O) groups is 1. The number of fused-ring (bicyclic) bond motifs is 5. The minimum atomic E-state index is 0.325. The maximum Gasteiger partial charge on any atom is 0.155 e. The Kier molecular flexibility index (Phi) is 5.43. The second-order valence-electron chi connectivity index (χ2n) is 11.5. The summed E-state index contributed by atoms with van der Waals surface area (Å²) in [4.78, 5) is 12.0. The van der Waals surface area contributed by atoms with Crippen molar-refractivity contribution in [3.8, 4) is 0 Å². The Morgan fingerprint density at radius 2 is 1.89 bits per heavy atom. The number of hydrogen-bond acceptors (Lipinski definition) is 1. The van der Waals surface area contributed by atoms with Crippen LogP contribution in [0.5, 0.6) is 0 Å². The lowest BCUT2D eigenvalue weighted by Gasteiger charge is -2.58. The molecule has 4 aliphatic carbocycles. The molecule has 0 aromatic heterocycles. The molecule has 0 aromatic rings. The molecule has 4 rings (SSSR count). The first-order valence-electron chi connectivity index (χ1n) is 12.1. The first kappa shape index (κ1) is 20.4. The molecule has 0 amide bonds. The molecule has 4 aliphatic rings. The SMILES string of the molecule is CC(C)=CCC[C@@H](C)C1CC[C@H]2[C@@H]3CCC4=CC(=O)CC[C@]4(C)[C@H]3CC[C@]12C. The normalized spacial score (nSPS) is 43.5. The molecule has 28 heavy (non-hydrogen) atoms. The lowest BCUT2D eigenvalue weighted by Crippen LogP contribution is -2.50. The second kappa shape index (κ2) is 7.44. The van der Waals surface area contributed by atoms with Crippen LogP contribution in [0.25, 0.3) is 0 Å². The van der Waals surface area contributed by atoms with Crippen LogP contribution in [-0.2, 0) is 4.79 Å². The van der Waals surface area contributed by atoms with Crippen LogP contribution in [0.3, 0.4) is 0 Å². The maximum atomic E-state index is 12.0. The van der Waals surface area contributed by atoms with Crippen molar-refractivity contribution in [3.63, 3.8) is 0 Å². The van der Waals surface area contributed by atoms with E-state index in [1.165, 1.54) is 62.5 Å². The Labute approximate surface area is 173 Å². The summed E-state index contributed by atoms with van der Waals surface area (Å²) >= 11 is 0. The van der Waals surface area contributed by atoms with Gasteiger partial charge in [-0.25, -0.2) is 0 Å². The van der Waals surface area contributed by atoms with Crippen molar-refractivity contribution < 1.29 is 4.79 Å². The summed E-state index contributed by atoms with van der Waals surface area (Å²) in [6, 6.07) is 0. The Morgan fingerprint density at radius 1 is 1.11 bits per heavy atom. The fourth-order valence-corrected chi connectivity index (χ4v) is 8.37. The van der Waals surface area contributed by atoms with Crippen LogP contribution in [0.4, 0.5) is 0 Å². The zero-order valence-corrected chi connectivity index (χ0v) is 19.0. The molecule has 0 radical (unpaired) electrons. The van der Waals surface area contributed by atoms with Crippen LogP contribution in [0, 0.1) is 40.4 Å². The topological polar surface area (TPSA) is 17.1 Å². The lowest BCUT2D eigenvalue weighted by atomic mass is 9.46. The van der Waals surface area contributed by atoms with Gasteiger partial charge in [0.15, 0.2) is 5.78 Å². The summed E-state index contributed by atoms with van der Waals surface area (Å²) in [5.41, 5.74) is 3.87. The van der Waals surface area contributed by atoms with Crippen molar-refractivity contribution in [1.29, 1.82) is 0 Å². The number of rotatable bonds is 4. The number of allylic oxidation sites excluding steroid dienone is 3. The van der Waals surface area contributed by atoms with Crippen LogP contribution in [0.15, 0.2) is 23.3 Å². The summed E-state index contributed by atoms with van der Waals surface area (Å²) in [7, 11) is 0. The second-order valence-corrected chi connectivity index (χ2v) is 11.5. The van der Waals surface area contributed by atoms with E-state index in [9.17, 15) is 4.79 Å². The van der Waals surface area contributed by atoms with Gasteiger partial charge in [-0.3, -0.25) is 4.79 Å². The molecule has 0 spiro atoms. The van der Waals surface area contributed by atoms with Gasteiger partial charge >= 0.3 is 0 Å². The predicted octanol–water partition coefficient (Wildman–Crippen LogP) is 7.52. The van der Waals surface area contributed by atoms with Crippen molar-refractivity contribution >= 4 is 5.78 Å². The van der Waals surface area contributed by atoms with Crippen LogP contribution < -0.4 is 0 Å². The van der Waals surface area contributed by atoms with Crippen molar-refractivity contribution in [2.75, 3.05) is 0 Å². The Hall–Kier alpha value is -0.850. The predicted molar refractivity (Wildman–Crippen MR) is 118 cm³/mol. The van der Waals surface area contributed by atoms with Gasteiger partial charge in [-0.15, -0.1) is 0 Å². The van der Waals surface area contributed by atoms with Gasteiger partial charge in [-0.2, -0.15) is 0 Å². The molecular formula is C27H42O. The number of ketones is 1. The van der Waals surface area contributed by atoms with Crippen molar-refractivity contribution in [2.45, 2.75) is 98.8 Å². The van der Waals surface area contributed by atoms with Gasteiger partial charge in [0.2, 0.25) is 0 Å². The number of hydrogen-bond donors (Lipinski definition) is 0. The fourth-order valence-electron chi connectivity index (χ4n) is 8.37. The minimum absolute atomic E-state index is 0.325. The van der Waals surface area contributed by atoms with Crippen LogP contribution in [0.2, 0.25) is 0 Å². The molecule has 0 aromatic carbocycles. The maximum absolute atomic E-state index is 12.0. The van der Waals surface area contributed by atoms with E-state index in [-0.39, 0.29) is 0 Å². The Morgan fingerprint density at radius 3 is 2.64 bits per heavy atom. The average molecular weight is 383 g/mol. The molecule has 0 saturated heterocycles. The van der Waals surface area contributed by atoms with Gasteiger partial charge in [0, 0.05) is 6.42 Å². The highest BCUT2D eigenvalue weighted by Crippen LogP contribution is 2.67. The van der Waals surface area contributed by atoms with Gasteiger partial charge in [-0.05, 0) is 118 Å². The molecular weight excluding hydrogens is 340 g/mol. The molecule has 3 saturated carbocycles. The highest BCUT2D eigenvalue weighted by atomic mass is 16.1. The van der Waals surface area contributed by atoms with Crippen molar-refractivity contribution in [2.24, 2.45) is 40.4 Å². The van der Waals surface area contributed by atoms with Crippen LogP contribution >= 0.6 is 0 Å². The minimum Gasteiger partial charge on any atom is -0.295 e. The summed E-state index contributed by atoms with van der Waals surface area (Å²) in [6.45, 7) is 12.2. The zero-order chi connectivity index (χ0) is 20.1. The van der Waals surface area contributed by atoms with Crippen LogP contribution in [0.1, 0.15) is 98.8 Å². The highest BCUT2D eigenvalue weighted by Gasteiger charge is 2.59. The highest BCUT2D eigenvalue weighted by molar-refractivity contribution is 5.91. The molecule has 0 bridgehead atoms. The van der Waals surface area contributed by atoms with E-state index in [0.29, 0.717) is 16.6 Å². The standard InChI is InChI=1S/C27H42O/c1-18(2)7-6-8-19(3)23-11-12-24-22-10-9-20-17-21(28)13-15-26(20,4)25(22)14-16-27(23,24)5/h7,17,19,22-25H,6,8-16H2,1-5H3/t19-,22+,23?,24+,25+,26+,27-/m1/s1. The van der Waals surface area contributed by atoms with Gasteiger partial charge in [0.25, 0.3) is 0 Å². The first-order chi connectivity index (χ1) is 13.3. The molecule has 1 unspecified atom stereocenters. The smallest absolute Gasteiger partial charge is 0.155 e. The van der Waals surface area contributed by atoms with E-state index < -0.39 is 0 Å². The summed E-state index contributed by atoms with van der Waals surface area (Å²) in [5.74, 6) is 4.82. The molecule has 0 aliphatic heterocycles. The summed E-state index contributed by atoms with van der Waals surface area (Å²) in [6.07, 6.45) is 17.3. The monoisotopic (exact) mass is 382 g/mol. The van der Waals surface area contributed by atoms with Gasteiger partial charge in [0.1, 0.15) is 0 Å². The van der Waals surface area contributed by atoms with E-state index in [4.69, 9.17) is 0 Å². The fraction of sp³-hybridized carbons (Fsp3) is 0.815. The van der Waals surface area contributed by atoms with E-state index >= 15 is 0 Å². The molecule has 3 fully saturated rings. The first-order valence-corrected chi connectivity index (χ1v) is 12.1. The molecule has 0 N–H and O–H groups in total. The molecule has 7 atom stereocenters. The number of carbonyl (C=O) groups excluding carboxylic acids is 1. The summed E-state index contributed by atoms with van der Waals surface area (Å²) < 4.78 is 0. The third-order valence-corrected chi connectivity index (χ3v) is 9.90. The van der Waals surface area contributed by atoms with Crippen molar-refractivity contribution in [3.05, 3.63) is 23.3 Å². The van der Waals surface area contributed by atoms with Gasteiger partial charge in [-0.1, -0.05) is 38.0 Å². The van der Waals surface area contributed by atoms with Gasteiger partial charge in [0.05, 0.1) is 0 Å². The lowest BCUT2D eigenvalue weighted by molar-refractivity contribution is -0.117. The molecule has 0 heterocycles. The zero-order valence-electron chi connectivity index (χ0n) is 19.0. The average Bonchev–Trinajstić information content (AvgIpc) is 2.99. The quantitative estimate of drug-likeness (QED) is 0.460. The third kappa shape index (κ3) is 3.25. The van der Waals surface area contributed by atoms with E-state index in [1.54, 1.807) is 0 Å². The van der Waals surface area contributed by atoms with E-state index in [2.05, 4.69) is 46.8 Å². The van der Waals surface area contributed by atoms with E-state index in [0.717, 1.165) is 42.4 Å². The van der Waals surface area contributed by atoms with E-state index in [1.807, 2.05) is 0 Å². The molecule has 1 nitrogen and oxygen atoms in total. The molecule has 1 heteroatoms. The third-order valence-electron chi connectivity index (χ3n) is 9.90.